The van der Waals surface area contributed by atoms with Crippen LogP contribution in [0.4, 0.5) is 15.9 Å². The lowest BCUT2D eigenvalue weighted by molar-refractivity contribution is -0.151. The number of carbonyl (C=O) groups is 1. The number of hydrogen-bond acceptors (Lipinski definition) is 9. The fraction of sp³-hybridized carbons (Fsp3) is 0.400. The van der Waals surface area contributed by atoms with Crippen LogP contribution in [0.25, 0.3) is 10.9 Å². The van der Waals surface area contributed by atoms with Crippen LogP contribution < -0.4 is 25.8 Å². The van der Waals surface area contributed by atoms with Gasteiger partial charge in [-0.15, -0.1) is 0 Å². The summed E-state index contributed by atoms with van der Waals surface area (Å²) in [7, 11) is 2.94. The van der Waals surface area contributed by atoms with Gasteiger partial charge in [-0.3, -0.25) is 4.79 Å². The topological polar surface area (TPSA) is 121 Å². The largest absolute Gasteiger partial charge is 0.493 e. The molecule has 0 amide bonds. The van der Waals surface area contributed by atoms with Crippen molar-refractivity contribution in [3.63, 3.8) is 0 Å². The molecule has 1 aliphatic rings. The quantitative estimate of drug-likeness (QED) is 0.362. The minimum Gasteiger partial charge on any atom is -0.493 e. The van der Waals surface area contributed by atoms with Crippen LogP contribution >= 0.6 is 11.6 Å². The molecule has 1 fully saturated rings. The fourth-order valence-electron chi connectivity index (χ4n) is 4.48. The van der Waals surface area contributed by atoms with Crippen molar-refractivity contribution < 1.29 is 23.4 Å². The van der Waals surface area contributed by atoms with Crippen LogP contribution in [-0.4, -0.2) is 54.9 Å². The third-order valence-corrected chi connectivity index (χ3v) is 6.68. The van der Waals surface area contributed by atoms with Crippen LogP contribution in [0.2, 0.25) is 5.02 Å². The zero-order chi connectivity index (χ0) is 25.7. The number of halogens is 2. The summed E-state index contributed by atoms with van der Waals surface area (Å²) in [6.45, 7) is 0.937. The van der Waals surface area contributed by atoms with Gasteiger partial charge in [0.15, 0.2) is 17.3 Å². The van der Waals surface area contributed by atoms with Crippen molar-refractivity contribution in [3.05, 3.63) is 47.5 Å². The molecular formula is C25H29ClFN5O4. The normalized spacial score (nSPS) is 19.6. The SMILES string of the molecule is COc1cc2ncnc(Nc3cccc(Cl)c3F)c2cc1O[C@H]1CC[C@@](NCCN)(C(=O)OC)CC1. The Bertz CT molecular complexity index is 1240. The van der Waals surface area contributed by atoms with E-state index in [0.29, 0.717) is 67.0 Å². The van der Waals surface area contributed by atoms with Gasteiger partial charge in [-0.1, -0.05) is 17.7 Å². The molecule has 0 aliphatic heterocycles. The van der Waals surface area contributed by atoms with Crippen molar-refractivity contribution in [1.82, 2.24) is 15.3 Å². The van der Waals surface area contributed by atoms with Gasteiger partial charge in [-0.2, -0.15) is 0 Å². The predicted molar refractivity (Wildman–Crippen MR) is 135 cm³/mol. The molecule has 0 spiro atoms. The average Bonchev–Trinajstić information content (AvgIpc) is 2.90. The molecule has 11 heteroatoms. The molecule has 9 nitrogen and oxygen atoms in total. The molecule has 1 saturated carbocycles. The number of nitrogens with two attached hydrogens (primary N) is 1. The van der Waals surface area contributed by atoms with E-state index in [-0.39, 0.29) is 22.8 Å². The second kappa shape index (κ2) is 11.2. The lowest BCUT2D eigenvalue weighted by Crippen LogP contribution is -2.56. The summed E-state index contributed by atoms with van der Waals surface area (Å²) in [4.78, 5) is 21.1. The van der Waals surface area contributed by atoms with Crippen molar-refractivity contribution in [2.75, 3.05) is 32.6 Å². The molecule has 192 valence electrons. The Hall–Kier alpha value is -3.21. The zero-order valence-electron chi connectivity index (χ0n) is 20.1. The van der Waals surface area contributed by atoms with E-state index in [1.807, 2.05) is 0 Å². The van der Waals surface area contributed by atoms with Crippen LogP contribution in [-0.2, 0) is 9.53 Å². The molecule has 1 aromatic heterocycles. The zero-order valence-corrected chi connectivity index (χ0v) is 20.9. The first-order valence-electron chi connectivity index (χ1n) is 11.6. The number of fused-ring (bicyclic) bond motifs is 1. The third kappa shape index (κ3) is 5.30. The number of anilines is 2. The second-order valence-electron chi connectivity index (χ2n) is 8.58. The smallest absolute Gasteiger partial charge is 0.326 e. The maximum Gasteiger partial charge on any atom is 0.326 e. The highest BCUT2D eigenvalue weighted by Gasteiger charge is 2.43. The van der Waals surface area contributed by atoms with Crippen LogP contribution in [0.5, 0.6) is 11.5 Å². The summed E-state index contributed by atoms with van der Waals surface area (Å²) in [5, 5.41) is 6.89. The van der Waals surface area contributed by atoms with Gasteiger partial charge in [0.2, 0.25) is 0 Å². The first-order chi connectivity index (χ1) is 17.4. The lowest BCUT2D eigenvalue weighted by Gasteiger charge is -2.38. The molecule has 0 saturated heterocycles. The predicted octanol–water partition coefficient (Wildman–Crippen LogP) is 3.96. The van der Waals surface area contributed by atoms with Gasteiger partial charge in [0.1, 0.15) is 17.7 Å². The van der Waals surface area contributed by atoms with E-state index in [4.69, 9.17) is 31.5 Å². The number of aromatic nitrogens is 2. The Morgan fingerprint density at radius 2 is 2.00 bits per heavy atom. The molecule has 1 aliphatic carbocycles. The molecule has 4 N–H and O–H groups in total. The first kappa shape index (κ1) is 25.9. The number of methoxy groups -OCH3 is 2. The number of nitrogens with one attached hydrogen (secondary N) is 2. The molecule has 3 aromatic rings. The second-order valence-corrected chi connectivity index (χ2v) is 8.98. The molecule has 2 aromatic carbocycles. The third-order valence-electron chi connectivity index (χ3n) is 6.39. The van der Waals surface area contributed by atoms with E-state index in [1.165, 1.54) is 19.5 Å². The summed E-state index contributed by atoms with van der Waals surface area (Å²) in [5.41, 5.74) is 5.65. The van der Waals surface area contributed by atoms with Gasteiger partial charge in [0.25, 0.3) is 0 Å². The van der Waals surface area contributed by atoms with Crippen molar-refractivity contribution in [3.8, 4) is 11.5 Å². The van der Waals surface area contributed by atoms with Crippen LogP contribution in [0.1, 0.15) is 25.7 Å². The molecule has 0 radical (unpaired) electrons. The van der Waals surface area contributed by atoms with Gasteiger partial charge in [0, 0.05) is 24.5 Å². The Labute approximate surface area is 213 Å². The highest BCUT2D eigenvalue weighted by molar-refractivity contribution is 6.31. The van der Waals surface area contributed by atoms with E-state index < -0.39 is 11.4 Å². The number of rotatable bonds is 9. The molecular weight excluding hydrogens is 489 g/mol. The summed E-state index contributed by atoms with van der Waals surface area (Å²) >= 11 is 5.92. The number of ether oxygens (including phenoxy) is 3. The van der Waals surface area contributed by atoms with Crippen molar-refractivity contribution >= 4 is 40.0 Å². The Balaban J connectivity index is 1.58. The number of carbonyl (C=O) groups excluding carboxylic acids is 1. The Kier molecular flexibility index (Phi) is 8.07. The van der Waals surface area contributed by atoms with Gasteiger partial charge in [-0.25, -0.2) is 14.4 Å². The maximum absolute atomic E-state index is 14.5. The van der Waals surface area contributed by atoms with Crippen LogP contribution in [0.15, 0.2) is 36.7 Å². The number of esters is 1. The first-order valence-corrected chi connectivity index (χ1v) is 12.0. The summed E-state index contributed by atoms with van der Waals surface area (Å²) in [5.74, 6) is 0.536. The molecule has 4 rings (SSSR count). The van der Waals surface area contributed by atoms with Crippen LogP contribution in [0, 0.1) is 5.82 Å². The van der Waals surface area contributed by atoms with E-state index in [0.717, 1.165) is 0 Å². The van der Waals surface area contributed by atoms with Gasteiger partial charge in [0.05, 0.1) is 36.6 Å². The summed E-state index contributed by atoms with van der Waals surface area (Å²) < 4.78 is 31.4. The molecule has 0 atom stereocenters. The molecule has 1 heterocycles. The number of nitrogens with zero attached hydrogens (tertiary/aromatic N) is 2. The standard InChI is InChI=1S/C25H29ClFN5O4/c1-34-20-13-19-16(23(30-14-29-19)32-18-5-3-4-17(26)22(18)27)12-21(20)36-15-6-8-25(9-7-15,24(33)35-2)31-11-10-28/h3-5,12-15,31H,6-11,28H2,1-2H3,(H,29,30,32)/t15-,25-. The van der Waals surface area contributed by atoms with Crippen molar-refractivity contribution in [2.45, 2.75) is 37.3 Å². The molecule has 0 bridgehead atoms. The number of benzene rings is 2. The summed E-state index contributed by atoms with van der Waals surface area (Å²) in [6.07, 6.45) is 3.57. The highest BCUT2D eigenvalue weighted by atomic mass is 35.5. The van der Waals surface area contributed by atoms with E-state index >= 15 is 0 Å². The summed E-state index contributed by atoms with van der Waals surface area (Å²) in [6, 6.07) is 8.21. The van der Waals surface area contributed by atoms with Gasteiger partial charge in [-0.05, 0) is 43.9 Å². The minimum absolute atomic E-state index is 0.00494. The Morgan fingerprint density at radius 1 is 1.22 bits per heavy atom. The Morgan fingerprint density at radius 3 is 2.69 bits per heavy atom. The van der Waals surface area contributed by atoms with Gasteiger partial charge < -0.3 is 30.6 Å². The van der Waals surface area contributed by atoms with Crippen LogP contribution in [0.3, 0.4) is 0 Å². The van der Waals surface area contributed by atoms with E-state index in [9.17, 15) is 9.18 Å². The van der Waals surface area contributed by atoms with Gasteiger partial charge >= 0.3 is 5.97 Å². The minimum atomic E-state index is -0.770. The fourth-order valence-corrected chi connectivity index (χ4v) is 4.66. The van der Waals surface area contributed by atoms with Crippen molar-refractivity contribution in [2.24, 2.45) is 5.73 Å². The van der Waals surface area contributed by atoms with E-state index in [2.05, 4.69) is 20.6 Å². The highest BCUT2D eigenvalue weighted by Crippen LogP contribution is 2.38. The average molecular weight is 518 g/mol. The van der Waals surface area contributed by atoms with E-state index in [1.54, 1.807) is 31.4 Å². The maximum atomic E-state index is 14.5. The molecule has 36 heavy (non-hydrogen) atoms. The number of hydrogen-bond donors (Lipinski definition) is 3. The monoisotopic (exact) mass is 517 g/mol. The lowest BCUT2D eigenvalue weighted by atomic mass is 9.80. The van der Waals surface area contributed by atoms with Crippen molar-refractivity contribution in [1.29, 1.82) is 0 Å². The molecule has 0 unspecified atom stereocenters.